The maximum atomic E-state index is 12.8. The van der Waals surface area contributed by atoms with Crippen molar-refractivity contribution in [3.8, 4) is 11.4 Å². The van der Waals surface area contributed by atoms with Crippen molar-refractivity contribution in [2.24, 2.45) is 4.99 Å². The summed E-state index contributed by atoms with van der Waals surface area (Å²) in [4.78, 5) is 19.9. The Hall–Kier alpha value is -3.87. The predicted octanol–water partition coefficient (Wildman–Crippen LogP) is 3.64. The van der Waals surface area contributed by atoms with Crippen LogP contribution in [0.25, 0.3) is 16.6 Å². The summed E-state index contributed by atoms with van der Waals surface area (Å²) in [6.45, 7) is 3.12. The van der Waals surface area contributed by atoms with Crippen LogP contribution in [-0.2, 0) is 13.2 Å². The molecule has 0 spiro atoms. The number of benzene rings is 2. The van der Waals surface area contributed by atoms with Crippen LogP contribution in [0.3, 0.4) is 0 Å². The number of ether oxygens (including phenoxy) is 1. The summed E-state index contributed by atoms with van der Waals surface area (Å²) in [7, 11) is 0. The smallest absolute Gasteiger partial charge is 0.258 e. The van der Waals surface area contributed by atoms with E-state index in [1.165, 1.54) is 18.9 Å². The van der Waals surface area contributed by atoms with Crippen molar-refractivity contribution in [3.63, 3.8) is 0 Å². The maximum absolute atomic E-state index is 12.8. The minimum atomic E-state index is -0.132. The Morgan fingerprint density at radius 3 is 2.85 bits per heavy atom. The van der Waals surface area contributed by atoms with Crippen molar-refractivity contribution in [1.82, 2.24) is 19.2 Å². The normalized spacial score (nSPS) is 17.4. The highest BCUT2D eigenvalue weighted by molar-refractivity contribution is 5.87. The van der Waals surface area contributed by atoms with E-state index in [1.54, 1.807) is 10.8 Å². The number of aliphatic imine (C=N–C) groups is 1. The van der Waals surface area contributed by atoms with E-state index in [-0.39, 0.29) is 5.56 Å². The van der Waals surface area contributed by atoms with E-state index in [2.05, 4.69) is 10.00 Å². The Balaban J connectivity index is 1.21. The molecule has 0 bridgehead atoms. The molecule has 2 aromatic heterocycles. The minimum Gasteiger partial charge on any atom is -0.489 e. The van der Waals surface area contributed by atoms with Gasteiger partial charge < -0.3 is 9.64 Å². The lowest BCUT2D eigenvalue weighted by Crippen LogP contribution is -2.33. The third-order valence-electron chi connectivity index (χ3n) is 6.53. The van der Waals surface area contributed by atoms with Crippen molar-refractivity contribution in [3.05, 3.63) is 89.0 Å². The van der Waals surface area contributed by atoms with Crippen LogP contribution in [0.4, 0.5) is 0 Å². The molecule has 7 heteroatoms. The van der Waals surface area contributed by atoms with Crippen molar-refractivity contribution < 1.29 is 4.74 Å². The Morgan fingerprint density at radius 1 is 1.06 bits per heavy atom. The van der Waals surface area contributed by atoms with Gasteiger partial charge in [-0.15, -0.1) is 0 Å². The Kier molecular flexibility index (Phi) is 4.94. The quantitative estimate of drug-likeness (QED) is 0.460. The SMILES string of the molecule is O=c1cc(OCc2ccccc2)ccn1-c1ccc2c(cnn2CC2=NCC3CCCN23)c1. The lowest BCUT2D eigenvalue weighted by molar-refractivity contribution is 0.305. The highest BCUT2D eigenvalue weighted by atomic mass is 16.5. The second-order valence-corrected chi connectivity index (χ2v) is 8.64. The Labute approximate surface area is 191 Å². The Bertz CT molecular complexity index is 1390. The molecule has 2 aromatic carbocycles. The highest BCUT2D eigenvalue weighted by Gasteiger charge is 2.31. The fraction of sp³-hybridized carbons (Fsp3) is 0.269. The van der Waals surface area contributed by atoms with Gasteiger partial charge in [0.15, 0.2) is 0 Å². The molecule has 1 atom stereocenters. The lowest BCUT2D eigenvalue weighted by atomic mass is 10.2. The third kappa shape index (κ3) is 3.80. The number of amidine groups is 1. The van der Waals surface area contributed by atoms with Crippen LogP contribution < -0.4 is 10.3 Å². The van der Waals surface area contributed by atoms with Crippen molar-refractivity contribution in [2.45, 2.75) is 32.0 Å². The first-order valence-corrected chi connectivity index (χ1v) is 11.4. The first-order valence-electron chi connectivity index (χ1n) is 11.4. The number of aromatic nitrogens is 3. The van der Waals surface area contributed by atoms with E-state index in [4.69, 9.17) is 9.73 Å². The molecule has 4 heterocycles. The summed E-state index contributed by atoms with van der Waals surface area (Å²) in [5.74, 6) is 1.69. The molecule has 0 aliphatic carbocycles. The number of pyridine rings is 1. The van der Waals surface area contributed by atoms with Crippen LogP contribution in [0.2, 0.25) is 0 Å². The number of hydrogen-bond acceptors (Lipinski definition) is 5. The summed E-state index contributed by atoms with van der Waals surface area (Å²) in [6.07, 6.45) is 6.10. The highest BCUT2D eigenvalue weighted by Crippen LogP contribution is 2.25. The molecule has 0 saturated carbocycles. The number of rotatable bonds is 6. The van der Waals surface area contributed by atoms with Gasteiger partial charge in [-0.25, -0.2) is 0 Å². The van der Waals surface area contributed by atoms with Gasteiger partial charge >= 0.3 is 0 Å². The zero-order chi connectivity index (χ0) is 22.2. The van der Waals surface area contributed by atoms with E-state index in [0.29, 0.717) is 24.9 Å². The van der Waals surface area contributed by atoms with Gasteiger partial charge in [-0.1, -0.05) is 30.3 Å². The lowest BCUT2D eigenvalue weighted by Gasteiger charge is -2.20. The molecule has 6 rings (SSSR count). The van der Waals surface area contributed by atoms with Gasteiger partial charge in [0.05, 0.1) is 24.8 Å². The van der Waals surface area contributed by atoms with E-state index in [9.17, 15) is 4.79 Å². The molecule has 1 fully saturated rings. The van der Waals surface area contributed by atoms with Gasteiger partial charge in [-0.2, -0.15) is 5.10 Å². The summed E-state index contributed by atoms with van der Waals surface area (Å²) >= 11 is 0. The molecular weight excluding hydrogens is 414 g/mol. The average Bonchev–Trinajstić information content (AvgIpc) is 3.56. The van der Waals surface area contributed by atoms with Crippen LogP contribution in [0.15, 0.2) is 82.8 Å². The zero-order valence-corrected chi connectivity index (χ0v) is 18.3. The monoisotopic (exact) mass is 439 g/mol. The number of fused-ring (bicyclic) bond motifs is 2. The van der Waals surface area contributed by atoms with Gasteiger partial charge in [0, 0.05) is 35.9 Å². The summed E-state index contributed by atoms with van der Waals surface area (Å²) in [6, 6.07) is 19.8. The van der Waals surface area contributed by atoms with E-state index in [1.807, 2.05) is 65.5 Å². The maximum Gasteiger partial charge on any atom is 0.258 e. The van der Waals surface area contributed by atoms with Crippen LogP contribution in [-0.4, -0.2) is 44.2 Å². The van der Waals surface area contributed by atoms with Crippen molar-refractivity contribution in [2.75, 3.05) is 13.1 Å². The minimum absolute atomic E-state index is 0.132. The van der Waals surface area contributed by atoms with E-state index in [0.717, 1.165) is 41.1 Å². The Morgan fingerprint density at radius 2 is 1.97 bits per heavy atom. The molecule has 7 nitrogen and oxygen atoms in total. The van der Waals surface area contributed by atoms with Gasteiger partial charge in [0.2, 0.25) is 0 Å². The van der Waals surface area contributed by atoms with Crippen LogP contribution in [0.5, 0.6) is 5.75 Å². The summed E-state index contributed by atoms with van der Waals surface area (Å²) in [5, 5.41) is 5.60. The molecule has 166 valence electrons. The molecule has 33 heavy (non-hydrogen) atoms. The van der Waals surface area contributed by atoms with Crippen LogP contribution >= 0.6 is 0 Å². The van der Waals surface area contributed by atoms with E-state index < -0.39 is 0 Å². The van der Waals surface area contributed by atoms with Crippen molar-refractivity contribution in [1.29, 1.82) is 0 Å². The molecule has 1 saturated heterocycles. The molecule has 0 amide bonds. The first-order chi connectivity index (χ1) is 16.2. The van der Waals surface area contributed by atoms with Crippen molar-refractivity contribution >= 4 is 16.7 Å². The molecule has 4 aromatic rings. The molecular formula is C26H25N5O2. The number of hydrogen-bond donors (Lipinski definition) is 0. The van der Waals surface area contributed by atoms with Gasteiger partial charge in [0.1, 0.15) is 18.2 Å². The second-order valence-electron chi connectivity index (χ2n) is 8.64. The molecule has 0 radical (unpaired) electrons. The average molecular weight is 440 g/mol. The third-order valence-corrected chi connectivity index (χ3v) is 6.53. The standard InChI is InChI=1S/C26H25N5O2/c32-26-14-23(33-18-19-5-2-1-3-6-19)10-12-30(26)21-8-9-24-20(13-21)15-28-31(24)17-25-27-16-22-7-4-11-29(22)25/h1-3,5-6,8-10,12-15,22H,4,7,11,16-18H2. The predicted molar refractivity (Wildman–Crippen MR) is 128 cm³/mol. The van der Waals surface area contributed by atoms with Gasteiger partial charge in [0.25, 0.3) is 5.56 Å². The number of nitrogens with zero attached hydrogens (tertiary/aromatic N) is 5. The molecule has 2 aliphatic rings. The van der Waals surface area contributed by atoms with Crippen LogP contribution in [0, 0.1) is 0 Å². The fourth-order valence-corrected chi connectivity index (χ4v) is 4.80. The zero-order valence-electron chi connectivity index (χ0n) is 18.3. The van der Waals surface area contributed by atoms with Gasteiger partial charge in [-0.05, 0) is 42.7 Å². The molecule has 2 aliphatic heterocycles. The fourth-order valence-electron chi connectivity index (χ4n) is 4.80. The van der Waals surface area contributed by atoms with Crippen LogP contribution in [0.1, 0.15) is 18.4 Å². The second kappa shape index (κ2) is 8.24. The topological polar surface area (TPSA) is 64.7 Å². The van der Waals surface area contributed by atoms with E-state index >= 15 is 0 Å². The van der Waals surface area contributed by atoms with Gasteiger partial charge in [-0.3, -0.25) is 19.0 Å². The molecule has 1 unspecified atom stereocenters. The summed E-state index contributed by atoms with van der Waals surface area (Å²) < 4.78 is 9.42. The molecule has 0 N–H and O–H groups in total. The first kappa shape index (κ1) is 19.8. The largest absolute Gasteiger partial charge is 0.489 e. The summed E-state index contributed by atoms with van der Waals surface area (Å²) in [5.41, 5.74) is 2.78.